The predicted molar refractivity (Wildman–Crippen MR) is 64.3 cm³/mol. The molecule has 0 aliphatic heterocycles. The topological polar surface area (TPSA) is 88.3 Å². The molecule has 1 aromatic rings. The van der Waals surface area contributed by atoms with Crippen LogP contribution in [0, 0.1) is 28.9 Å². The van der Waals surface area contributed by atoms with Crippen LogP contribution in [0.25, 0.3) is 0 Å². The van der Waals surface area contributed by atoms with E-state index < -0.39 is 12.0 Å². The van der Waals surface area contributed by atoms with E-state index in [1.54, 1.807) is 13.7 Å². The van der Waals surface area contributed by atoms with Gasteiger partial charge in [0.1, 0.15) is 5.69 Å². The van der Waals surface area contributed by atoms with Crippen molar-refractivity contribution in [2.75, 3.05) is 6.54 Å². The van der Waals surface area contributed by atoms with Crippen molar-refractivity contribution in [3.63, 3.8) is 0 Å². The van der Waals surface area contributed by atoms with Crippen LogP contribution < -0.4 is 5.23 Å². The van der Waals surface area contributed by atoms with Gasteiger partial charge in [-0.3, -0.25) is 15.1 Å². The Hall–Kier alpha value is -1.91. The first kappa shape index (κ1) is 13.2. The van der Waals surface area contributed by atoms with Gasteiger partial charge in [-0.15, -0.1) is 0 Å². The Morgan fingerprint density at radius 1 is 1.71 bits per heavy atom. The van der Waals surface area contributed by atoms with E-state index in [9.17, 15) is 10.1 Å². The average molecular weight is 233 g/mol. The molecule has 0 amide bonds. The second kappa shape index (κ2) is 5.99. The molecule has 0 aromatic carbocycles. The number of rotatable bonds is 3. The maximum Gasteiger partial charge on any atom is 0.374 e. The smallest absolute Gasteiger partial charge is 0.374 e. The Bertz CT molecular complexity index is 479. The first-order valence-corrected chi connectivity index (χ1v) is 5.02. The Labute approximate surface area is 99.4 Å². The first-order valence-electron chi connectivity index (χ1n) is 5.02. The van der Waals surface area contributed by atoms with Crippen LogP contribution in [0.2, 0.25) is 6.82 Å². The molecular weight excluding hydrogens is 221 g/mol. The molecule has 7 heteroatoms. The summed E-state index contributed by atoms with van der Waals surface area (Å²) in [4.78, 5) is 14.1. The van der Waals surface area contributed by atoms with Crippen molar-refractivity contribution in [2.24, 2.45) is 0 Å². The zero-order chi connectivity index (χ0) is 12.8. The number of nitrogens with one attached hydrogen (secondary N) is 1. The standard InChI is InChI=1S/C10H12BN3O3/c1-8-10(14(16)17)6-9(7-12-8)4-3-5-13-11(2)15/h6-7,13,15H,5H2,1-2H3. The molecule has 0 spiro atoms. The van der Waals surface area contributed by atoms with Crippen LogP contribution >= 0.6 is 0 Å². The fourth-order valence-electron chi connectivity index (χ4n) is 1.12. The van der Waals surface area contributed by atoms with E-state index in [0.717, 1.165) is 0 Å². The van der Waals surface area contributed by atoms with Crippen molar-refractivity contribution in [1.29, 1.82) is 0 Å². The van der Waals surface area contributed by atoms with E-state index in [1.807, 2.05) is 0 Å². The number of hydrogen-bond acceptors (Lipinski definition) is 5. The van der Waals surface area contributed by atoms with Gasteiger partial charge in [0, 0.05) is 17.8 Å². The highest BCUT2D eigenvalue weighted by Crippen LogP contribution is 2.15. The molecule has 0 aliphatic carbocycles. The second-order valence-corrected chi connectivity index (χ2v) is 3.44. The average Bonchev–Trinajstić information content (AvgIpc) is 2.25. The fourth-order valence-corrected chi connectivity index (χ4v) is 1.12. The zero-order valence-electron chi connectivity index (χ0n) is 9.60. The van der Waals surface area contributed by atoms with Gasteiger partial charge in [0.05, 0.1) is 11.5 Å². The van der Waals surface area contributed by atoms with Gasteiger partial charge in [-0.1, -0.05) is 11.8 Å². The monoisotopic (exact) mass is 233 g/mol. The molecule has 0 bridgehead atoms. The minimum atomic E-state index is -0.630. The summed E-state index contributed by atoms with van der Waals surface area (Å²) in [6, 6.07) is 1.39. The number of aryl methyl sites for hydroxylation is 1. The molecule has 0 unspecified atom stereocenters. The quantitative estimate of drug-likeness (QED) is 0.340. The minimum absolute atomic E-state index is 0.0414. The first-order chi connectivity index (χ1) is 8.00. The van der Waals surface area contributed by atoms with E-state index in [2.05, 4.69) is 22.1 Å². The van der Waals surface area contributed by atoms with Crippen LogP contribution in [0.5, 0.6) is 0 Å². The van der Waals surface area contributed by atoms with Gasteiger partial charge in [0.25, 0.3) is 5.69 Å². The van der Waals surface area contributed by atoms with Gasteiger partial charge >= 0.3 is 7.05 Å². The highest BCUT2D eigenvalue weighted by Gasteiger charge is 2.11. The van der Waals surface area contributed by atoms with Gasteiger partial charge in [0.2, 0.25) is 0 Å². The summed E-state index contributed by atoms with van der Waals surface area (Å²) < 4.78 is 0. The minimum Gasteiger partial charge on any atom is -0.437 e. The summed E-state index contributed by atoms with van der Waals surface area (Å²) in [6.07, 6.45) is 1.48. The fraction of sp³-hybridized carbons (Fsp3) is 0.300. The third-order valence-corrected chi connectivity index (χ3v) is 1.98. The van der Waals surface area contributed by atoms with E-state index in [1.165, 1.54) is 12.3 Å². The van der Waals surface area contributed by atoms with Crippen molar-refractivity contribution >= 4 is 12.7 Å². The van der Waals surface area contributed by atoms with Gasteiger partial charge in [-0.25, -0.2) is 0 Å². The lowest BCUT2D eigenvalue weighted by Gasteiger charge is -1.97. The summed E-state index contributed by atoms with van der Waals surface area (Å²) in [5.41, 5.74) is 0.803. The molecule has 17 heavy (non-hydrogen) atoms. The summed E-state index contributed by atoms with van der Waals surface area (Å²) in [7, 11) is -0.630. The third-order valence-electron chi connectivity index (χ3n) is 1.98. The summed E-state index contributed by atoms with van der Waals surface area (Å²) in [5.74, 6) is 5.47. The third kappa shape index (κ3) is 4.22. The maximum atomic E-state index is 10.7. The molecule has 0 fully saturated rings. The zero-order valence-corrected chi connectivity index (χ0v) is 9.60. The molecule has 2 N–H and O–H groups in total. The van der Waals surface area contributed by atoms with Crippen molar-refractivity contribution in [1.82, 2.24) is 10.2 Å². The lowest BCUT2D eigenvalue weighted by atomic mass is 9.89. The summed E-state index contributed by atoms with van der Waals surface area (Å²) in [6.45, 7) is 3.46. The van der Waals surface area contributed by atoms with Crippen LogP contribution in [0.3, 0.4) is 0 Å². The number of nitrogens with zero attached hydrogens (tertiary/aromatic N) is 2. The van der Waals surface area contributed by atoms with Crippen molar-refractivity contribution in [3.8, 4) is 11.8 Å². The molecule has 0 atom stereocenters. The number of aromatic nitrogens is 1. The van der Waals surface area contributed by atoms with Gasteiger partial charge in [-0.2, -0.15) is 0 Å². The van der Waals surface area contributed by atoms with Gasteiger partial charge in [0.15, 0.2) is 0 Å². The Morgan fingerprint density at radius 3 is 3.00 bits per heavy atom. The van der Waals surface area contributed by atoms with E-state index in [-0.39, 0.29) is 5.69 Å². The van der Waals surface area contributed by atoms with Crippen molar-refractivity contribution in [2.45, 2.75) is 13.7 Å². The largest absolute Gasteiger partial charge is 0.437 e. The number of pyridine rings is 1. The van der Waals surface area contributed by atoms with E-state index >= 15 is 0 Å². The molecule has 0 saturated carbocycles. The van der Waals surface area contributed by atoms with E-state index in [0.29, 0.717) is 17.8 Å². The molecule has 1 aromatic heterocycles. The molecule has 0 radical (unpaired) electrons. The molecular formula is C10H12BN3O3. The van der Waals surface area contributed by atoms with Crippen LogP contribution in [0.1, 0.15) is 11.3 Å². The molecule has 1 heterocycles. The van der Waals surface area contributed by atoms with Gasteiger partial charge < -0.3 is 10.3 Å². The molecule has 0 aliphatic rings. The Morgan fingerprint density at radius 2 is 2.41 bits per heavy atom. The highest BCUT2D eigenvalue weighted by molar-refractivity contribution is 6.45. The maximum absolute atomic E-state index is 10.7. The normalized spacial score (nSPS) is 9.35. The molecule has 0 saturated heterocycles. The van der Waals surface area contributed by atoms with Gasteiger partial charge in [-0.05, 0) is 13.7 Å². The Kier molecular flexibility index (Phi) is 4.63. The number of hydrogen-bond donors (Lipinski definition) is 2. The van der Waals surface area contributed by atoms with E-state index in [4.69, 9.17) is 5.02 Å². The second-order valence-electron chi connectivity index (χ2n) is 3.44. The molecule has 1 rings (SSSR count). The lowest BCUT2D eigenvalue weighted by Crippen LogP contribution is -2.30. The number of nitro groups is 1. The Balaban J connectivity index is 2.79. The van der Waals surface area contributed by atoms with Crippen LogP contribution in [-0.2, 0) is 0 Å². The van der Waals surface area contributed by atoms with Crippen LogP contribution in [-0.4, -0.2) is 28.5 Å². The van der Waals surface area contributed by atoms with Crippen molar-refractivity contribution < 1.29 is 9.95 Å². The van der Waals surface area contributed by atoms with Crippen LogP contribution in [0.4, 0.5) is 5.69 Å². The molecule has 88 valence electrons. The molecule has 6 nitrogen and oxygen atoms in total. The SMILES string of the molecule is CB(O)NCC#Cc1cnc(C)c([N+](=O)[O-])c1. The highest BCUT2D eigenvalue weighted by atomic mass is 16.6. The summed E-state index contributed by atoms with van der Waals surface area (Å²) in [5, 5.41) is 22.3. The predicted octanol–water partition coefficient (Wildman–Crippen LogP) is 0.350. The van der Waals surface area contributed by atoms with Crippen molar-refractivity contribution in [3.05, 3.63) is 33.6 Å². The van der Waals surface area contributed by atoms with Crippen LogP contribution in [0.15, 0.2) is 12.3 Å². The summed E-state index contributed by atoms with van der Waals surface area (Å²) >= 11 is 0. The lowest BCUT2D eigenvalue weighted by molar-refractivity contribution is -0.385.